The Morgan fingerprint density at radius 3 is 2.80 bits per heavy atom. The molecule has 1 aromatic heterocycles. The molecule has 0 radical (unpaired) electrons. The number of rotatable bonds is 8. The third-order valence-electron chi connectivity index (χ3n) is 3.46. The van der Waals surface area contributed by atoms with Crippen molar-refractivity contribution in [1.82, 2.24) is 19.8 Å². The molecule has 0 bridgehead atoms. The van der Waals surface area contributed by atoms with Crippen molar-refractivity contribution in [2.45, 2.75) is 20.0 Å². The lowest BCUT2D eigenvalue weighted by Gasteiger charge is -2.22. The zero-order valence-electron chi connectivity index (χ0n) is 14.4. The fourth-order valence-corrected chi connectivity index (χ4v) is 2.18. The number of alkyl halides is 2. The van der Waals surface area contributed by atoms with E-state index in [0.29, 0.717) is 25.7 Å². The Labute approximate surface area is 146 Å². The Balaban J connectivity index is 1.92. The van der Waals surface area contributed by atoms with E-state index in [2.05, 4.69) is 15.3 Å². The van der Waals surface area contributed by atoms with Crippen LogP contribution in [0.5, 0.6) is 5.75 Å². The number of nitrogens with one attached hydrogen (secondary N) is 1. The summed E-state index contributed by atoms with van der Waals surface area (Å²) in [4.78, 5) is 10.2. The SMILES string of the molecule is CCNC(=NCc1nccn1C(F)F)N(C)CCOc1ccccc1. The van der Waals surface area contributed by atoms with Gasteiger partial charge < -0.3 is 15.0 Å². The molecule has 136 valence electrons. The van der Waals surface area contributed by atoms with Crippen LogP contribution in [-0.4, -0.2) is 47.2 Å². The van der Waals surface area contributed by atoms with E-state index < -0.39 is 6.55 Å². The summed E-state index contributed by atoms with van der Waals surface area (Å²) in [5.41, 5.74) is 0. The maximum Gasteiger partial charge on any atom is 0.319 e. The Morgan fingerprint density at radius 1 is 1.36 bits per heavy atom. The largest absolute Gasteiger partial charge is 0.492 e. The van der Waals surface area contributed by atoms with Crippen LogP contribution in [0.1, 0.15) is 19.3 Å². The second-order valence-electron chi connectivity index (χ2n) is 5.28. The first kappa shape index (κ1) is 18.7. The van der Waals surface area contributed by atoms with Crippen LogP contribution in [0.25, 0.3) is 0 Å². The molecule has 0 aliphatic heterocycles. The van der Waals surface area contributed by atoms with Gasteiger partial charge in [0.2, 0.25) is 0 Å². The average Bonchev–Trinajstić information content (AvgIpc) is 3.08. The second kappa shape index (κ2) is 9.61. The maximum atomic E-state index is 12.9. The normalized spacial score (nSPS) is 11.6. The Kier molecular flexibility index (Phi) is 7.18. The molecule has 8 heteroatoms. The summed E-state index contributed by atoms with van der Waals surface area (Å²) in [6, 6.07) is 9.54. The number of hydrogen-bond acceptors (Lipinski definition) is 3. The molecular weight excluding hydrogens is 328 g/mol. The van der Waals surface area contributed by atoms with Crippen LogP contribution in [0.15, 0.2) is 47.7 Å². The van der Waals surface area contributed by atoms with E-state index >= 15 is 0 Å². The van der Waals surface area contributed by atoms with Crippen molar-refractivity contribution in [3.8, 4) is 5.75 Å². The van der Waals surface area contributed by atoms with E-state index in [4.69, 9.17) is 4.74 Å². The molecule has 1 heterocycles. The van der Waals surface area contributed by atoms with Crippen LogP contribution in [0.3, 0.4) is 0 Å². The standard InChI is InChI=1S/C17H23F2N5O/c1-3-20-17(22-13-15-21-9-10-24(15)16(18)19)23(2)11-12-25-14-7-5-4-6-8-14/h4-10,16H,3,11-13H2,1-2H3,(H,20,22). The second-order valence-corrected chi connectivity index (χ2v) is 5.28. The number of nitrogens with zero attached hydrogens (tertiary/aromatic N) is 4. The smallest absolute Gasteiger partial charge is 0.319 e. The Morgan fingerprint density at radius 2 is 2.12 bits per heavy atom. The van der Waals surface area contributed by atoms with Gasteiger partial charge in [-0.2, -0.15) is 8.78 Å². The first-order valence-electron chi connectivity index (χ1n) is 8.09. The summed E-state index contributed by atoms with van der Waals surface area (Å²) >= 11 is 0. The summed E-state index contributed by atoms with van der Waals surface area (Å²) in [6.45, 7) is 1.16. The fourth-order valence-electron chi connectivity index (χ4n) is 2.18. The molecule has 0 aliphatic carbocycles. The predicted molar refractivity (Wildman–Crippen MR) is 92.9 cm³/mol. The van der Waals surface area contributed by atoms with E-state index in [-0.39, 0.29) is 12.4 Å². The zero-order chi connectivity index (χ0) is 18.1. The van der Waals surface area contributed by atoms with Crippen LogP contribution in [0.2, 0.25) is 0 Å². The molecule has 1 N–H and O–H groups in total. The van der Waals surface area contributed by atoms with Crippen molar-refractivity contribution in [1.29, 1.82) is 0 Å². The van der Waals surface area contributed by atoms with Gasteiger partial charge in [-0.3, -0.25) is 4.57 Å². The molecule has 0 saturated heterocycles. The average molecular weight is 351 g/mol. The van der Waals surface area contributed by atoms with Gasteiger partial charge in [0.25, 0.3) is 0 Å². The highest BCUT2D eigenvalue weighted by atomic mass is 19.3. The van der Waals surface area contributed by atoms with Gasteiger partial charge in [-0.15, -0.1) is 0 Å². The van der Waals surface area contributed by atoms with Gasteiger partial charge in [-0.25, -0.2) is 9.98 Å². The minimum Gasteiger partial charge on any atom is -0.492 e. The predicted octanol–water partition coefficient (Wildman–Crippen LogP) is 2.75. The van der Waals surface area contributed by atoms with Crippen LogP contribution in [0.4, 0.5) is 8.78 Å². The van der Waals surface area contributed by atoms with Gasteiger partial charge in [0, 0.05) is 26.0 Å². The van der Waals surface area contributed by atoms with Crippen LogP contribution in [0, 0.1) is 0 Å². The van der Waals surface area contributed by atoms with Gasteiger partial charge >= 0.3 is 6.55 Å². The van der Waals surface area contributed by atoms with Gasteiger partial charge in [0.1, 0.15) is 24.7 Å². The van der Waals surface area contributed by atoms with Crippen molar-refractivity contribution in [3.05, 3.63) is 48.5 Å². The summed E-state index contributed by atoms with van der Waals surface area (Å²) in [5, 5.41) is 3.14. The lowest BCUT2D eigenvalue weighted by atomic mass is 10.3. The van der Waals surface area contributed by atoms with Crippen LogP contribution < -0.4 is 10.1 Å². The first-order chi connectivity index (χ1) is 12.1. The molecule has 0 spiro atoms. The van der Waals surface area contributed by atoms with E-state index in [0.717, 1.165) is 10.3 Å². The minimum atomic E-state index is -2.62. The van der Waals surface area contributed by atoms with Gasteiger partial charge in [-0.05, 0) is 19.1 Å². The highest BCUT2D eigenvalue weighted by Crippen LogP contribution is 2.13. The molecule has 0 aliphatic rings. The number of likely N-dealkylation sites (N-methyl/N-ethyl adjacent to an activating group) is 1. The molecule has 2 rings (SSSR count). The maximum absolute atomic E-state index is 12.9. The molecule has 6 nitrogen and oxygen atoms in total. The van der Waals surface area contributed by atoms with E-state index in [9.17, 15) is 8.78 Å². The number of benzene rings is 1. The molecule has 0 fully saturated rings. The third kappa shape index (κ3) is 5.74. The third-order valence-corrected chi connectivity index (χ3v) is 3.46. The highest BCUT2D eigenvalue weighted by molar-refractivity contribution is 5.79. The van der Waals surface area contributed by atoms with E-state index in [1.807, 2.05) is 49.2 Å². The molecule has 0 saturated carbocycles. The van der Waals surface area contributed by atoms with Crippen molar-refractivity contribution >= 4 is 5.96 Å². The monoisotopic (exact) mass is 351 g/mol. The van der Waals surface area contributed by atoms with Gasteiger partial charge in [0.05, 0.1) is 6.54 Å². The van der Waals surface area contributed by atoms with Crippen molar-refractivity contribution in [2.75, 3.05) is 26.7 Å². The number of halogens is 2. The lowest BCUT2D eigenvalue weighted by molar-refractivity contribution is 0.0671. The molecule has 0 unspecified atom stereocenters. The van der Waals surface area contributed by atoms with E-state index in [1.54, 1.807) is 0 Å². The van der Waals surface area contributed by atoms with Crippen LogP contribution in [-0.2, 0) is 6.54 Å². The number of aromatic nitrogens is 2. The van der Waals surface area contributed by atoms with Crippen molar-refractivity contribution in [2.24, 2.45) is 4.99 Å². The number of guanidine groups is 1. The number of hydrogen-bond donors (Lipinski definition) is 1. The molecule has 0 atom stereocenters. The number of ether oxygens (including phenoxy) is 1. The fraction of sp³-hybridized carbons (Fsp3) is 0.412. The van der Waals surface area contributed by atoms with Gasteiger partial charge in [-0.1, -0.05) is 18.2 Å². The molecular formula is C17H23F2N5O. The van der Waals surface area contributed by atoms with Crippen molar-refractivity contribution < 1.29 is 13.5 Å². The molecule has 2 aromatic rings. The summed E-state index contributed by atoms with van der Waals surface area (Å²) in [6.07, 6.45) is 2.60. The topological polar surface area (TPSA) is 54.7 Å². The molecule has 0 amide bonds. The number of para-hydroxylation sites is 1. The summed E-state index contributed by atoms with van der Waals surface area (Å²) in [5.74, 6) is 1.64. The first-order valence-corrected chi connectivity index (χ1v) is 8.09. The number of aliphatic imine (C=N–C) groups is 1. The van der Waals surface area contributed by atoms with Crippen LogP contribution >= 0.6 is 0 Å². The van der Waals surface area contributed by atoms with Crippen molar-refractivity contribution in [3.63, 3.8) is 0 Å². The molecule has 25 heavy (non-hydrogen) atoms. The van der Waals surface area contributed by atoms with Gasteiger partial charge in [0.15, 0.2) is 5.96 Å². The Hall–Kier alpha value is -2.64. The zero-order valence-corrected chi connectivity index (χ0v) is 14.4. The Bertz CT molecular complexity index is 660. The molecule has 1 aromatic carbocycles. The lowest BCUT2D eigenvalue weighted by Crippen LogP contribution is -2.40. The minimum absolute atomic E-state index is 0.0730. The van der Waals surface area contributed by atoms with E-state index in [1.165, 1.54) is 12.4 Å². The quantitative estimate of drug-likeness (QED) is 0.587. The highest BCUT2D eigenvalue weighted by Gasteiger charge is 2.12. The summed E-state index contributed by atoms with van der Waals surface area (Å²) in [7, 11) is 1.87. The summed E-state index contributed by atoms with van der Waals surface area (Å²) < 4.78 is 32.2. The number of imidazole rings is 1.